The Bertz CT molecular complexity index is 1270. The summed E-state index contributed by atoms with van der Waals surface area (Å²) in [6, 6.07) is 8.22. The second-order valence-corrected chi connectivity index (χ2v) is 12.0. The number of hydrogen-bond donors (Lipinski definition) is 0. The van der Waals surface area contributed by atoms with E-state index >= 15 is 0 Å². The summed E-state index contributed by atoms with van der Waals surface area (Å²) in [4.78, 5) is 52.6. The number of anilines is 2. The topological polar surface area (TPSA) is 74.8 Å². The zero-order valence-corrected chi connectivity index (χ0v) is 22.9. The lowest BCUT2D eigenvalue weighted by molar-refractivity contribution is -0.121. The minimum Gasteiger partial charge on any atom is -0.269 e. The monoisotopic (exact) mass is 498 g/mol. The van der Waals surface area contributed by atoms with Crippen molar-refractivity contribution >= 4 is 35.0 Å². The van der Waals surface area contributed by atoms with E-state index in [1.807, 2.05) is 26.0 Å². The van der Waals surface area contributed by atoms with Crippen LogP contribution in [0.4, 0.5) is 11.4 Å². The zero-order chi connectivity index (χ0) is 27.4. The smallest absolute Gasteiger partial charge is 0.258 e. The molecule has 0 saturated heterocycles. The van der Waals surface area contributed by atoms with Gasteiger partial charge in [0, 0.05) is 24.3 Å². The average Bonchev–Trinajstić information content (AvgIpc) is 3.27. The van der Waals surface area contributed by atoms with Crippen LogP contribution in [0.15, 0.2) is 48.6 Å². The van der Waals surface area contributed by atoms with E-state index in [2.05, 4.69) is 53.7 Å². The molecule has 6 heteroatoms. The maximum absolute atomic E-state index is 12.5. The SMILES string of the molecule is Cc1cc(Cc2cc(C)c(N3C(=O)C=CC3=O)c(C(C)(C)C)c2)cc(C(C)(C)C)c1N1C(=O)C=CC1=O. The van der Waals surface area contributed by atoms with Gasteiger partial charge >= 0.3 is 0 Å². The second-order valence-electron chi connectivity index (χ2n) is 12.0. The van der Waals surface area contributed by atoms with Gasteiger partial charge in [0.2, 0.25) is 0 Å². The lowest BCUT2D eigenvalue weighted by atomic mass is 9.80. The van der Waals surface area contributed by atoms with Crippen LogP contribution in [0, 0.1) is 13.8 Å². The molecule has 0 fully saturated rings. The maximum Gasteiger partial charge on any atom is 0.258 e. The lowest BCUT2D eigenvalue weighted by Crippen LogP contribution is -2.33. The fourth-order valence-corrected chi connectivity index (χ4v) is 5.13. The predicted molar refractivity (Wildman–Crippen MR) is 146 cm³/mol. The maximum atomic E-state index is 12.5. The summed E-state index contributed by atoms with van der Waals surface area (Å²) in [6.45, 7) is 16.3. The Labute approximate surface area is 218 Å². The number of hydrogen-bond acceptors (Lipinski definition) is 4. The van der Waals surface area contributed by atoms with Gasteiger partial charge in [-0.25, -0.2) is 9.80 Å². The number of carbonyl (C=O) groups is 4. The Morgan fingerprint density at radius 1 is 0.541 bits per heavy atom. The molecule has 2 aliphatic rings. The number of aryl methyl sites for hydroxylation is 2. The molecule has 2 aromatic carbocycles. The van der Waals surface area contributed by atoms with Crippen molar-refractivity contribution in [1.29, 1.82) is 0 Å². The van der Waals surface area contributed by atoms with Crippen LogP contribution in [-0.2, 0) is 36.4 Å². The summed E-state index contributed by atoms with van der Waals surface area (Å²) in [5.41, 5.74) is 6.37. The van der Waals surface area contributed by atoms with Crippen molar-refractivity contribution in [3.8, 4) is 0 Å². The molecule has 0 aromatic heterocycles. The molecular formula is C31H34N2O4. The first-order valence-electron chi connectivity index (χ1n) is 12.5. The molecule has 2 aromatic rings. The fraction of sp³-hybridized carbons (Fsp3) is 0.355. The van der Waals surface area contributed by atoms with E-state index in [4.69, 9.17) is 0 Å². The van der Waals surface area contributed by atoms with E-state index in [1.54, 1.807) is 0 Å². The highest BCUT2D eigenvalue weighted by molar-refractivity contribution is 6.29. The van der Waals surface area contributed by atoms with E-state index < -0.39 is 0 Å². The normalized spacial score (nSPS) is 16.1. The van der Waals surface area contributed by atoms with Crippen molar-refractivity contribution in [2.45, 2.75) is 72.6 Å². The summed E-state index contributed by atoms with van der Waals surface area (Å²) in [5, 5.41) is 0. The van der Waals surface area contributed by atoms with Crippen LogP contribution < -0.4 is 9.80 Å². The minimum atomic E-state index is -0.326. The van der Waals surface area contributed by atoms with Crippen LogP contribution >= 0.6 is 0 Å². The Morgan fingerprint density at radius 3 is 1.11 bits per heavy atom. The van der Waals surface area contributed by atoms with Gasteiger partial charge in [-0.3, -0.25) is 19.2 Å². The second kappa shape index (κ2) is 8.94. The third-order valence-electron chi connectivity index (χ3n) is 6.81. The van der Waals surface area contributed by atoms with Crippen molar-refractivity contribution in [2.75, 3.05) is 9.80 Å². The highest BCUT2D eigenvalue weighted by Gasteiger charge is 2.34. The number of benzene rings is 2. The van der Waals surface area contributed by atoms with Crippen molar-refractivity contribution < 1.29 is 19.2 Å². The molecule has 0 spiro atoms. The Morgan fingerprint density at radius 2 is 0.838 bits per heavy atom. The van der Waals surface area contributed by atoms with Gasteiger partial charge in [0.1, 0.15) is 0 Å². The van der Waals surface area contributed by atoms with E-state index in [0.29, 0.717) is 17.8 Å². The highest BCUT2D eigenvalue weighted by atomic mass is 16.2. The van der Waals surface area contributed by atoms with Gasteiger partial charge in [-0.05, 0) is 64.5 Å². The molecule has 4 rings (SSSR count). The third-order valence-corrected chi connectivity index (χ3v) is 6.81. The molecular weight excluding hydrogens is 464 g/mol. The first-order chi connectivity index (χ1) is 17.1. The van der Waals surface area contributed by atoms with Crippen molar-refractivity contribution in [3.63, 3.8) is 0 Å². The Balaban J connectivity index is 1.81. The van der Waals surface area contributed by atoms with Gasteiger partial charge in [0.25, 0.3) is 23.6 Å². The number of amides is 4. The Hall–Kier alpha value is -3.80. The van der Waals surface area contributed by atoms with Crippen LogP contribution in [0.25, 0.3) is 0 Å². The fourth-order valence-electron chi connectivity index (χ4n) is 5.13. The minimum absolute atomic E-state index is 0.306. The average molecular weight is 499 g/mol. The van der Waals surface area contributed by atoms with Gasteiger partial charge < -0.3 is 0 Å². The molecule has 0 radical (unpaired) electrons. The van der Waals surface area contributed by atoms with Gasteiger partial charge in [-0.2, -0.15) is 0 Å². The predicted octanol–water partition coefficient (Wildman–Crippen LogP) is 5.35. The van der Waals surface area contributed by atoms with Gasteiger partial charge in [-0.1, -0.05) is 65.8 Å². The van der Waals surface area contributed by atoms with Crippen LogP contribution in [0.2, 0.25) is 0 Å². The Kier molecular flexibility index (Phi) is 6.35. The van der Waals surface area contributed by atoms with Crippen molar-refractivity contribution in [1.82, 2.24) is 0 Å². The van der Waals surface area contributed by atoms with E-state index in [9.17, 15) is 19.2 Å². The molecule has 0 bridgehead atoms. The van der Waals surface area contributed by atoms with Crippen molar-refractivity contribution in [3.05, 3.63) is 82.0 Å². The van der Waals surface area contributed by atoms with E-state index in [0.717, 1.165) is 33.4 Å². The molecule has 37 heavy (non-hydrogen) atoms. The summed E-state index contributed by atoms with van der Waals surface area (Å²) in [7, 11) is 0. The number of carbonyl (C=O) groups excluding carboxylic acids is 4. The van der Waals surface area contributed by atoms with Crippen LogP contribution in [0.5, 0.6) is 0 Å². The number of nitrogens with zero attached hydrogens (tertiary/aromatic N) is 2. The number of rotatable bonds is 4. The zero-order valence-electron chi connectivity index (χ0n) is 22.9. The molecule has 192 valence electrons. The lowest BCUT2D eigenvalue weighted by Gasteiger charge is -2.30. The molecule has 0 saturated carbocycles. The highest BCUT2D eigenvalue weighted by Crippen LogP contribution is 2.40. The van der Waals surface area contributed by atoms with Crippen LogP contribution in [0.3, 0.4) is 0 Å². The van der Waals surface area contributed by atoms with Crippen LogP contribution in [-0.4, -0.2) is 23.6 Å². The standard InChI is InChI=1S/C31H34N2O4/c1-18-13-20(16-22(30(3,4)5)28(18)32-24(34)9-10-25(32)35)15-21-14-19(2)29(23(17-21)31(6,7)8)33-26(36)11-12-27(33)37/h9-14,16-17H,15H2,1-8H3. The largest absolute Gasteiger partial charge is 0.269 e. The first-order valence-corrected chi connectivity index (χ1v) is 12.5. The molecule has 0 aliphatic carbocycles. The van der Waals surface area contributed by atoms with E-state index in [1.165, 1.54) is 34.1 Å². The molecule has 4 amide bonds. The molecule has 0 atom stereocenters. The van der Waals surface area contributed by atoms with E-state index in [-0.39, 0.29) is 34.5 Å². The van der Waals surface area contributed by atoms with Crippen molar-refractivity contribution in [2.24, 2.45) is 0 Å². The summed E-state index contributed by atoms with van der Waals surface area (Å²) in [5.74, 6) is -1.30. The molecule has 2 heterocycles. The summed E-state index contributed by atoms with van der Waals surface area (Å²) >= 11 is 0. The molecule has 0 N–H and O–H groups in total. The molecule has 6 nitrogen and oxygen atoms in total. The van der Waals surface area contributed by atoms with Gasteiger partial charge in [0.15, 0.2) is 0 Å². The molecule has 2 aliphatic heterocycles. The van der Waals surface area contributed by atoms with Gasteiger partial charge in [0.05, 0.1) is 11.4 Å². The third kappa shape index (κ3) is 4.80. The van der Waals surface area contributed by atoms with Crippen LogP contribution in [0.1, 0.15) is 74.9 Å². The summed E-state index contributed by atoms with van der Waals surface area (Å²) in [6.07, 6.45) is 5.87. The first kappa shape index (κ1) is 26.3. The number of imide groups is 2. The quantitative estimate of drug-likeness (QED) is 0.533. The molecule has 0 unspecified atom stereocenters. The summed E-state index contributed by atoms with van der Waals surface area (Å²) < 4.78 is 0. The van der Waals surface area contributed by atoms with Gasteiger partial charge in [-0.15, -0.1) is 0 Å².